The van der Waals surface area contributed by atoms with Crippen molar-refractivity contribution in [3.05, 3.63) is 116 Å². The molecule has 0 saturated carbocycles. The van der Waals surface area contributed by atoms with E-state index in [0.29, 0.717) is 11.1 Å². The fraction of sp³-hybridized carbons (Fsp3) is 0.366. The molecule has 10 rings (SSSR count). The van der Waals surface area contributed by atoms with Crippen LogP contribution in [0, 0.1) is 6.92 Å². The molecule has 6 heteroatoms. The predicted octanol–water partition coefficient (Wildman–Crippen LogP) is 7.39. The van der Waals surface area contributed by atoms with Crippen molar-refractivity contribution in [1.82, 2.24) is 0 Å². The lowest BCUT2D eigenvalue weighted by Crippen LogP contribution is -2.40. The minimum Gasteiger partial charge on any atom is -0.456 e. The monoisotopic (exact) mass is 622 g/mol. The summed E-state index contributed by atoms with van der Waals surface area (Å²) in [6.45, 7) is 6.34. The first-order chi connectivity index (χ1) is 23.0. The molecule has 0 aliphatic carbocycles. The Kier molecular flexibility index (Phi) is 5.83. The number of anilines is 2. The molecular formula is C41H38N2O4. The molecule has 4 aromatic carbocycles. The second-order valence-electron chi connectivity index (χ2n) is 14.4. The van der Waals surface area contributed by atoms with Crippen molar-refractivity contribution in [2.45, 2.75) is 70.3 Å². The smallest absolute Gasteiger partial charge is 0.340 e. The van der Waals surface area contributed by atoms with E-state index in [4.69, 9.17) is 9.47 Å². The van der Waals surface area contributed by atoms with Crippen molar-refractivity contribution in [2.75, 3.05) is 36.0 Å². The SMILES string of the molecule is Cc1ccc(CC(=O)c2ccc3c(c2)C(=O)OC32c3cc4c5c(c3Oc3c2cc2c6c3CCCN6CCC2)CCCN5CCC4)cc1. The lowest BCUT2D eigenvalue weighted by Gasteiger charge is -2.45. The van der Waals surface area contributed by atoms with Gasteiger partial charge in [-0.1, -0.05) is 42.0 Å². The average molecular weight is 623 g/mol. The molecule has 0 bridgehead atoms. The Labute approximate surface area is 275 Å². The topological polar surface area (TPSA) is 59.1 Å². The lowest BCUT2D eigenvalue weighted by molar-refractivity contribution is 0.0222. The second kappa shape index (κ2) is 9.96. The molecule has 0 radical (unpaired) electrons. The van der Waals surface area contributed by atoms with Crippen molar-refractivity contribution < 1.29 is 19.1 Å². The lowest BCUT2D eigenvalue weighted by atomic mass is 9.72. The zero-order chi connectivity index (χ0) is 31.4. The highest BCUT2D eigenvalue weighted by atomic mass is 16.6. The van der Waals surface area contributed by atoms with Crippen LogP contribution in [-0.4, -0.2) is 37.9 Å². The van der Waals surface area contributed by atoms with Gasteiger partial charge in [-0.05, 0) is 93.2 Å². The van der Waals surface area contributed by atoms with Gasteiger partial charge in [0.05, 0.1) is 5.56 Å². The van der Waals surface area contributed by atoms with Gasteiger partial charge in [0.2, 0.25) is 0 Å². The van der Waals surface area contributed by atoms with E-state index < -0.39 is 5.60 Å². The van der Waals surface area contributed by atoms with E-state index in [1.807, 2.05) is 43.3 Å². The van der Waals surface area contributed by atoms with Crippen LogP contribution in [0.5, 0.6) is 11.5 Å². The van der Waals surface area contributed by atoms with Gasteiger partial charge in [-0.25, -0.2) is 4.79 Å². The number of hydrogen-bond acceptors (Lipinski definition) is 6. The number of ether oxygens (including phenoxy) is 2. The molecule has 6 heterocycles. The number of carbonyl (C=O) groups excluding carboxylic acids is 2. The fourth-order valence-electron chi connectivity index (χ4n) is 9.50. The van der Waals surface area contributed by atoms with Gasteiger partial charge in [-0.2, -0.15) is 0 Å². The van der Waals surface area contributed by atoms with E-state index in [1.165, 1.54) is 33.6 Å². The number of aryl methyl sites for hydroxylation is 3. The number of hydrogen-bond donors (Lipinski definition) is 0. The third-order valence-electron chi connectivity index (χ3n) is 11.6. The molecule has 0 aromatic heterocycles. The maximum atomic E-state index is 14.2. The molecule has 1 spiro atoms. The highest BCUT2D eigenvalue weighted by Gasteiger charge is 2.56. The molecule has 6 nitrogen and oxygen atoms in total. The Morgan fingerprint density at radius 2 is 1.30 bits per heavy atom. The van der Waals surface area contributed by atoms with Crippen molar-refractivity contribution in [1.29, 1.82) is 0 Å². The molecule has 4 aromatic rings. The predicted molar refractivity (Wildman–Crippen MR) is 182 cm³/mol. The minimum absolute atomic E-state index is 0.00430. The van der Waals surface area contributed by atoms with Gasteiger partial charge in [0.1, 0.15) is 11.5 Å². The third-order valence-corrected chi connectivity index (χ3v) is 11.6. The van der Waals surface area contributed by atoms with Crippen LogP contribution in [0.2, 0.25) is 0 Å². The Morgan fingerprint density at radius 3 is 1.89 bits per heavy atom. The van der Waals surface area contributed by atoms with Crippen molar-refractivity contribution in [3.63, 3.8) is 0 Å². The maximum absolute atomic E-state index is 14.2. The van der Waals surface area contributed by atoms with Gasteiger partial charge in [0.15, 0.2) is 11.4 Å². The van der Waals surface area contributed by atoms with Crippen LogP contribution in [-0.2, 0) is 42.4 Å². The van der Waals surface area contributed by atoms with E-state index in [0.717, 1.165) is 117 Å². The molecule has 6 aliphatic rings. The largest absolute Gasteiger partial charge is 0.456 e. The summed E-state index contributed by atoms with van der Waals surface area (Å²) in [5, 5.41) is 0. The standard InChI is InChI=1S/C41H38N2O4/c1-24-10-12-25(13-11-24)20-35(44)26-14-15-32-31(21-26)40(45)47-41(32)33-22-27-6-2-16-42-18-4-8-29(36(27)42)38(33)46-39-30-9-5-19-43-17-3-7-28(37(30)43)23-34(39)41/h10-15,21-23H,2-9,16-20H2,1H3. The van der Waals surface area contributed by atoms with Crippen LogP contribution in [0.4, 0.5) is 11.4 Å². The van der Waals surface area contributed by atoms with Crippen molar-refractivity contribution in [3.8, 4) is 11.5 Å². The Bertz CT molecular complexity index is 1960. The normalized spacial score (nSPS) is 19.2. The number of carbonyl (C=O) groups is 2. The Hall–Kier alpha value is -4.58. The number of fused-ring (bicyclic) bond motifs is 8. The maximum Gasteiger partial charge on any atom is 0.340 e. The molecule has 0 fully saturated rings. The first-order valence-corrected chi connectivity index (χ1v) is 17.5. The number of esters is 1. The Balaban J connectivity index is 1.20. The first kappa shape index (κ1) is 27.5. The summed E-state index contributed by atoms with van der Waals surface area (Å²) in [5.41, 5.74) is 12.6. The molecule has 6 aliphatic heterocycles. The average Bonchev–Trinajstić information content (AvgIpc) is 3.39. The van der Waals surface area contributed by atoms with E-state index in [-0.39, 0.29) is 18.2 Å². The van der Waals surface area contributed by atoms with Gasteiger partial charge in [-0.15, -0.1) is 0 Å². The van der Waals surface area contributed by atoms with Gasteiger partial charge >= 0.3 is 5.97 Å². The molecular weight excluding hydrogens is 584 g/mol. The van der Waals surface area contributed by atoms with Crippen LogP contribution >= 0.6 is 0 Å². The van der Waals surface area contributed by atoms with Crippen LogP contribution in [0.15, 0.2) is 54.6 Å². The number of benzene rings is 4. The van der Waals surface area contributed by atoms with Gasteiger partial charge in [0.25, 0.3) is 0 Å². The molecule has 0 unspecified atom stereocenters. The molecule has 236 valence electrons. The summed E-state index contributed by atoms with van der Waals surface area (Å²) in [6, 6.07) is 18.3. The second-order valence-corrected chi connectivity index (χ2v) is 14.4. The molecule has 47 heavy (non-hydrogen) atoms. The summed E-state index contributed by atoms with van der Waals surface area (Å²) in [5.74, 6) is 1.39. The zero-order valence-electron chi connectivity index (χ0n) is 26.9. The number of rotatable bonds is 3. The van der Waals surface area contributed by atoms with Crippen LogP contribution in [0.1, 0.15) is 96.5 Å². The van der Waals surface area contributed by atoms with Crippen molar-refractivity contribution in [2.24, 2.45) is 0 Å². The van der Waals surface area contributed by atoms with Crippen LogP contribution in [0.25, 0.3) is 0 Å². The van der Waals surface area contributed by atoms with E-state index in [9.17, 15) is 9.59 Å². The van der Waals surface area contributed by atoms with E-state index in [1.54, 1.807) is 6.07 Å². The number of Topliss-reactive ketones (excluding diaryl/α,β-unsaturated/α-hetero) is 1. The fourth-order valence-corrected chi connectivity index (χ4v) is 9.50. The molecule has 0 amide bonds. The minimum atomic E-state index is -1.12. The van der Waals surface area contributed by atoms with Crippen LogP contribution < -0.4 is 14.5 Å². The Morgan fingerprint density at radius 1 is 0.723 bits per heavy atom. The zero-order valence-corrected chi connectivity index (χ0v) is 26.9. The summed E-state index contributed by atoms with van der Waals surface area (Å²) < 4.78 is 14.0. The molecule has 0 saturated heterocycles. The summed E-state index contributed by atoms with van der Waals surface area (Å²) in [7, 11) is 0. The number of ketones is 1. The van der Waals surface area contributed by atoms with Gasteiger partial charge in [0, 0.05) is 77.4 Å². The van der Waals surface area contributed by atoms with E-state index >= 15 is 0 Å². The van der Waals surface area contributed by atoms with Gasteiger partial charge < -0.3 is 19.3 Å². The first-order valence-electron chi connectivity index (χ1n) is 17.5. The summed E-state index contributed by atoms with van der Waals surface area (Å²) in [6.07, 6.45) is 8.60. The van der Waals surface area contributed by atoms with E-state index in [2.05, 4.69) is 21.9 Å². The number of nitrogens with zero attached hydrogens (tertiary/aromatic N) is 2. The highest BCUT2D eigenvalue weighted by molar-refractivity contribution is 6.03. The molecule has 0 atom stereocenters. The third kappa shape index (κ3) is 3.84. The highest BCUT2D eigenvalue weighted by Crippen LogP contribution is 2.62. The quantitative estimate of drug-likeness (QED) is 0.176. The van der Waals surface area contributed by atoms with Crippen molar-refractivity contribution >= 4 is 23.1 Å². The summed E-state index contributed by atoms with van der Waals surface area (Å²) in [4.78, 5) is 32.8. The van der Waals surface area contributed by atoms with Crippen LogP contribution in [0.3, 0.4) is 0 Å². The summed E-state index contributed by atoms with van der Waals surface area (Å²) >= 11 is 0. The molecule has 0 N–H and O–H groups in total. The van der Waals surface area contributed by atoms with Gasteiger partial charge in [-0.3, -0.25) is 4.79 Å².